The predicted molar refractivity (Wildman–Crippen MR) is 123 cm³/mol. The number of allylic oxidation sites excluding steroid dienone is 4. The molecule has 0 radical (unpaired) electrons. The monoisotopic (exact) mass is 424 g/mol. The largest absolute Gasteiger partial charge is 0.508 e. The third-order valence-corrected chi connectivity index (χ3v) is 5.55. The van der Waals surface area contributed by atoms with Crippen molar-refractivity contribution in [2.75, 3.05) is 6.61 Å². The van der Waals surface area contributed by atoms with Gasteiger partial charge in [0.15, 0.2) is 0 Å². The second-order valence-electron chi connectivity index (χ2n) is 7.94. The summed E-state index contributed by atoms with van der Waals surface area (Å²) in [6.45, 7) is 6.95. The van der Waals surface area contributed by atoms with Crippen molar-refractivity contribution in [1.29, 1.82) is 0 Å². The normalized spacial score (nSPS) is 19.2. The highest BCUT2D eigenvalue weighted by Crippen LogP contribution is 2.38. The van der Waals surface area contributed by atoms with Gasteiger partial charge in [-0.15, -0.1) is 0 Å². The number of aromatic hydroxyl groups is 1. The summed E-state index contributed by atoms with van der Waals surface area (Å²) in [6.07, 6.45) is 8.97. The van der Waals surface area contributed by atoms with Crippen LogP contribution in [-0.2, 0) is 4.74 Å². The van der Waals surface area contributed by atoms with E-state index in [9.17, 15) is 13.9 Å². The summed E-state index contributed by atoms with van der Waals surface area (Å²) in [7, 11) is 0. The molecule has 2 aromatic carbocycles. The Labute approximate surface area is 183 Å². The Morgan fingerprint density at radius 3 is 2.26 bits per heavy atom. The number of benzene rings is 2. The summed E-state index contributed by atoms with van der Waals surface area (Å²) >= 11 is 0. The zero-order valence-electron chi connectivity index (χ0n) is 18.4. The third kappa shape index (κ3) is 5.71. The number of halogens is 2. The van der Waals surface area contributed by atoms with Crippen LogP contribution in [0.4, 0.5) is 8.78 Å². The molecule has 0 aliphatic heterocycles. The number of rotatable bonds is 8. The molecule has 0 spiro atoms. The van der Waals surface area contributed by atoms with E-state index in [1.165, 1.54) is 12.1 Å². The highest BCUT2D eigenvalue weighted by molar-refractivity contribution is 5.99. The Morgan fingerprint density at radius 1 is 1.00 bits per heavy atom. The van der Waals surface area contributed by atoms with Crippen LogP contribution in [0.25, 0.3) is 11.1 Å². The minimum absolute atomic E-state index is 0.00746. The maximum atomic E-state index is 14.0. The fourth-order valence-electron chi connectivity index (χ4n) is 3.94. The zero-order valence-corrected chi connectivity index (χ0v) is 18.4. The standard InChI is InChI=1S/C27H30F2O2/c1-4-6-13-31-26-12-9-20(14-18(26)3)27(19-7-10-24(30)11-8-19)25(5-2)21-15-22(28)17-23(29)16-21/h7-12,14-18,26,30H,4-6,13H2,1-3H3/b27-25+. The van der Waals surface area contributed by atoms with Crippen molar-refractivity contribution in [2.45, 2.75) is 46.1 Å². The molecule has 0 saturated heterocycles. The van der Waals surface area contributed by atoms with Crippen LogP contribution in [0, 0.1) is 17.6 Å². The van der Waals surface area contributed by atoms with Gasteiger partial charge in [0.2, 0.25) is 0 Å². The number of unbranched alkanes of at least 4 members (excludes halogenated alkanes) is 1. The van der Waals surface area contributed by atoms with E-state index < -0.39 is 11.6 Å². The predicted octanol–water partition coefficient (Wildman–Crippen LogP) is 7.31. The van der Waals surface area contributed by atoms with Gasteiger partial charge in [0.25, 0.3) is 0 Å². The molecule has 0 heterocycles. The average molecular weight is 425 g/mol. The van der Waals surface area contributed by atoms with Crippen molar-refractivity contribution >= 4 is 11.1 Å². The average Bonchev–Trinajstić information content (AvgIpc) is 2.73. The first-order chi connectivity index (χ1) is 14.9. The van der Waals surface area contributed by atoms with Gasteiger partial charge in [-0.2, -0.15) is 0 Å². The zero-order chi connectivity index (χ0) is 22.4. The number of phenolic OH excluding ortho intramolecular Hbond substituents is 1. The quantitative estimate of drug-likeness (QED) is 0.356. The molecule has 2 atom stereocenters. The van der Waals surface area contributed by atoms with E-state index in [2.05, 4.69) is 26.0 Å². The van der Waals surface area contributed by atoms with Gasteiger partial charge in [0.1, 0.15) is 17.4 Å². The number of phenols is 1. The molecular formula is C27H30F2O2. The second kappa shape index (κ2) is 10.5. The Morgan fingerprint density at radius 2 is 1.68 bits per heavy atom. The minimum atomic E-state index is -0.600. The molecule has 164 valence electrons. The minimum Gasteiger partial charge on any atom is -0.508 e. The topological polar surface area (TPSA) is 29.5 Å². The number of hydrogen-bond acceptors (Lipinski definition) is 2. The van der Waals surface area contributed by atoms with Crippen LogP contribution in [0.5, 0.6) is 5.75 Å². The molecule has 1 aliphatic carbocycles. The van der Waals surface area contributed by atoms with Gasteiger partial charge in [-0.3, -0.25) is 0 Å². The van der Waals surface area contributed by atoms with Crippen LogP contribution < -0.4 is 0 Å². The van der Waals surface area contributed by atoms with E-state index in [1.54, 1.807) is 12.1 Å². The van der Waals surface area contributed by atoms with Gasteiger partial charge in [-0.25, -0.2) is 8.78 Å². The Balaban J connectivity index is 2.09. The molecule has 31 heavy (non-hydrogen) atoms. The van der Waals surface area contributed by atoms with E-state index in [4.69, 9.17) is 4.74 Å². The van der Waals surface area contributed by atoms with Crippen molar-refractivity contribution in [3.8, 4) is 5.75 Å². The summed E-state index contributed by atoms with van der Waals surface area (Å²) in [5.74, 6) is -0.871. The molecule has 0 fully saturated rings. The maximum Gasteiger partial charge on any atom is 0.126 e. The Kier molecular flexibility index (Phi) is 7.80. The molecule has 4 heteroatoms. The molecule has 0 saturated carbocycles. The summed E-state index contributed by atoms with van der Waals surface area (Å²) in [5, 5.41) is 9.75. The van der Waals surface area contributed by atoms with Crippen molar-refractivity contribution < 1.29 is 18.6 Å². The fraction of sp³-hybridized carbons (Fsp3) is 0.333. The molecular weight excluding hydrogens is 394 g/mol. The lowest BCUT2D eigenvalue weighted by molar-refractivity contribution is 0.0596. The molecule has 0 bridgehead atoms. The van der Waals surface area contributed by atoms with E-state index in [1.807, 2.05) is 25.1 Å². The second-order valence-corrected chi connectivity index (χ2v) is 7.94. The summed E-state index contributed by atoms with van der Waals surface area (Å²) in [6, 6.07) is 10.5. The maximum absolute atomic E-state index is 14.0. The van der Waals surface area contributed by atoms with Crippen LogP contribution in [-0.4, -0.2) is 17.8 Å². The van der Waals surface area contributed by atoms with Crippen LogP contribution in [0.2, 0.25) is 0 Å². The summed E-state index contributed by atoms with van der Waals surface area (Å²) in [5.41, 5.74) is 4.13. The molecule has 3 rings (SSSR count). The van der Waals surface area contributed by atoms with E-state index in [0.29, 0.717) is 12.0 Å². The van der Waals surface area contributed by atoms with Crippen LogP contribution in [0.15, 0.2) is 66.3 Å². The first-order valence-electron chi connectivity index (χ1n) is 10.9. The first-order valence-corrected chi connectivity index (χ1v) is 10.9. The number of hydrogen-bond donors (Lipinski definition) is 1. The van der Waals surface area contributed by atoms with E-state index in [-0.39, 0.29) is 17.8 Å². The van der Waals surface area contributed by atoms with Gasteiger partial charge in [0.05, 0.1) is 6.10 Å². The van der Waals surface area contributed by atoms with Gasteiger partial charge < -0.3 is 9.84 Å². The Bertz CT molecular complexity index is 967. The lowest BCUT2D eigenvalue weighted by Crippen LogP contribution is -2.21. The number of ether oxygens (including phenoxy) is 1. The van der Waals surface area contributed by atoms with E-state index >= 15 is 0 Å². The van der Waals surface area contributed by atoms with Crippen molar-refractivity contribution in [2.24, 2.45) is 5.92 Å². The van der Waals surface area contributed by atoms with Crippen molar-refractivity contribution in [1.82, 2.24) is 0 Å². The third-order valence-electron chi connectivity index (χ3n) is 5.55. The van der Waals surface area contributed by atoms with Gasteiger partial charge in [0, 0.05) is 18.6 Å². The van der Waals surface area contributed by atoms with Crippen molar-refractivity contribution in [3.63, 3.8) is 0 Å². The van der Waals surface area contributed by atoms with Gasteiger partial charge in [-0.1, -0.05) is 57.6 Å². The molecule has 1 aliphatic rings. The van der Waals surface area contributed by atoms with Crippen LogP contribution in [0.3, 0.4) is 0 Å². The molecule has 2 nitrogen and oxygen atoms in total. The van der Waals surface area contributed by atoms with E-state index in [0.717, 1.165) is 47.8 Å². The van der Waals surface area contributed by atoms with Crippen LogP contribution >= 0.6 is 0 Å². The SMILES string of the molecule is CCCCOC1C=CC(/C(=C(\CC)c2cc(F)cc(F)c2)c2ccc(O)cc2)=CC1C. The molecule has 2 aromatic rings. The lowest BCUT2D eigenvalue weighted by Gasteiger charge is -2.26. The highest BCUT2D eigenvalue weighted by atomic mass is 19.1. The van der Waals surface area contributed by atoms with Crippen molar-refractivity contribution in [3.05, 3.63) is 89.0 Å². The van der Waals surface area contributed by atoms with Gasteiger partial charge in [-0.05, 0) is 65.0 Å². The molecule has 1 N–H and O–H groups in total. The molecule has 0 amide bonds. The molecule has 0 aromatic heterocycles. The molecule has 2 unspecified atom stereocenters. The van der Waals surface area contributed by atoms with Gasteiger partial charge >= 0.3 is 0 Å². The lowest BCUT2D eigenvalue weighted by atomic mass is 9.83. The summed E-state index contributed by atoms with van der Waals surface area (Å²) in [4.78, 5) is 0. The Hall–Kier alpha value is -2.72. The van der Waals surface area contributed by atoms with Crippen LogP contribution in [0.1, 0.15) is 51.2 Å². The summed E-state index contributed by atoms with van der Waals surface area (Å²) < 4.78 is 34.0. The first kappa shape index (κ1) is 23.0. The fourth-order valence-corrected chi connectivity index (χ4v) is 3.94. The highest BCUT2D eigenvalue weighted by Gasteiger charge is 2.22. The smallest absolute Gasteiger partial charge is 0.126 e.